The van der Waals surface area contributed by atoms with Crippen LogP contribution in [0, 0.1) is 18.8 Å². The van der Waals surface area contributed by atoms with Crippen LogP contribution in [0.3, 0.4) is 0 Å². The van der Waals surface area contributed by atoms with Gasteiger partial charge in [-0.2, -0.15) is 4.39 Å². The van der Waals surface area contributed by atoms with Crippen molar-refractivity contribution in [3.05, 3.63) is 29.3 Å². The number of hydrogen-bond acceptors (Lipinski definition) is 2. The van der Waals surface area contributed by atoms with E-state index >= 15 is 0 Å². The van der Waals surface area contributed by atoms with Gasteiger partial charge in [0.2, 0.25) is 5.95 Å². The topological polar surface area (TPSA) is 38.9 Å². The van der Waals surface area contributed by atoms with Gasteiger partial charge in [-0.25, -0.2) is 4.98 Å². The van der Waals surface area contributed by atoms with Gasteiger partial charge in [-0.15, -0.1) is 0 Å². The van der Waals surface area contributed by atoms with Crippen LogP contribution in [0.1, 0.15) is 36.6 Å². The van der Waals surface area contributed by atoms with Crippen LogP contribution in [0.25, 0.3) is 0 Å². The predicted molar refractivity (Wildman–Crippen MR) is 53.2 cm³/mol. The SMILES string of the molecule is Cc1nc(F)ccc1C(N)CC1CC1. The zero-order valence-corrected chi connectivity index (χ0v) is 8.33. The van der Waals surface area contributed by atoms with Crippen LogP contribution < -0.4 is 5.73 Å². The number of nitrogens with two attached hydrogens (primary N) is 1. The van der Waals surface area contributed by atoms with Crippen molar-refractivity contribution >= 4 is 0 Å². The van der Waals surface area contributed by atoms with Crippen molar-refractivity contribution in [2.24, 2.45) is 11.7 Å². The van der Waals surface area contributed by atoms with Crippen molar-refractivity contribution in [2.75, 3.05) is 0 Å². The van der Waals surface area contributed by atoms with E-state index in [2.05, 4.69) is 4.98 Å². The Morgan fingerprint density at radius 3 is 2.86 bits per heavy atom. The Morgan fingerprint density at radius 2 is 2.29 bits per heavy atom. The molecular formula is C11H15FN2. The first-order valence-corrected chi connectivity index (χ1v) is 5.05. The molecule has 2 N–H and O–H groups in total. The lowest BCUT2D eigenvalue weighted by Crippen LogP contribution is -2.13. The van der Waals surface area contributed by atoms with Gasteiger partial charge >= 0.3 is 0 Å². The van der Waals surface area contributed by atoms with Crippen LogP contribution in [0.15, 0.2) is 12.1 Å². The fourth-order valence-corrected chi connectivity index (χ4v) is 1.77. The summed E-state index contributed by atoms with van der Waals surface area (Å²) in [6, 6.07) is 3.16. The molecule has 1 fully saturated rings. The molecule has 1 aromatic heterocycles. The van der Waals surface area contributed by atoms with Gasteiger partial charge in [0.1, 0.15) is 0 Å². The van der Waals surface area contributed by atoms with Crippen molar-refractivity contribution in [1.82, 2.24) is 4.98 Å². The van der Waals surface area contributed by atoms with Crippen LogP contribution in [0.2, 0.25) is 0 Å². The minimum atomic E-state index is -0.426. The highest BCUT2D eigenvalue weighted by Crippen LogP contribution is 2.37. The summed E-state index contributed by atoms with van der Waals surface area (Å²) in [6.45, 7) is 1.81. The molecule has 0 aromatic carbocycles. The van der Waals surface area contributed by atoms with E-state index < -0.39 is 5.95 Å². The molecule has 1 saturated carbocycles. The van der Waals surface area contributed by atoms with E-state index in [4.69, 9.17) is 5.73 Å². The molecule has 0 radical (unpaired) electrons. The summed E-state index contributed by atoms with van der Waals surface area (Å²) in [5.74, 6) is 0.360. The van der Waals surface area contributed by atoms with Gasteiger partial charge < -0.3 is 5.73 Å². The van der Waals surface area contributed by atoms with Crippen LogP contribution in [0.5, 0.6) is 0 Å². The van der Waals surface area contributed by atoms with Gasteiger partial charge in [-0.05, 0) is 30.9 Å². The summed E-state index contributed by atoms with van der Waals surface area (Å²) in [5, 5.41) is 0. The number of pyridine rings is 1. The highest BCUT2D eigenvalue weighted by molar-refractivity contribution is 5.22. The second kappa shape index (κ2) is 3.65. The maximum atomic E-state index is 12.7. The van der Waals surface area contributed by atoms with E-state index in [0.29, 0.717) is 0 Å². The normalized spacial score (nSPS) is 18.2. The van der Waals surface area contributed by atoms with E-state index in [1.807, 2.05) is 6.92 Å². The molecule has 0 saturated heterocycles. The summed E-state index contributed by atoms with van der Waals surface area (Å²) >= 11 is 0. The molecule has 14 heavy (non-hydrogen) atoms. The Morgan fingerprint density at radius 1 is 1.57 bits per heavy atom. The molecule has 1 unspecified atom stereocenters. The van der Waals surface area contributed by atoms with Crippen molar-refractivity contribution in [3.8, 4) is 0 Å². The number of halogens is 1. The van der Waals surface area contributed by atoms with Gasteiger partial charge in [-0.3, -0.25) is 0 Å². The molecule has 0 bridgehead atoms. The van der Waals surface area contributed by atoms with Crippen LogP contribution >= 0.6 is 0 Å². The van der Waals surface area contributed by atoms with Crippen molar-refractivity contribution < 1.29 is 4.39 Å². The standard InChI is InChI=1S/C11H15FN2/c1-7-9(4-5-11(12)14-7)10(13)6-8-2-3-8/h4-5,8,10H,2-3,6,13H2,1H3. The van der Waals surface area contributed by atoms with Crippen molar-refractivity contribution in [2.45, 2.75) is 32.2 Å². The Hall–Kier alpha value is -0.960. The fourth-order valence-electron chi connectivity index (χ4n) is 1.77. The number of aromatic nitrogens is 1. The first-order chi connectivity index (χ1) is 6.66. The molecule has 1 heterocycles. The van der Waals surface area contributed by atoms with Crippen molar-refractivity contribution in [3.63, 3.8) is 0 Å². The monoisotopic (exact) mass is 194 g/mol. The number of hydrogen-bond donors (Lipinski definition) is 1. The molecule has 2 nitrogen and oxygen atoms in total. The van der Waals surface area contributed by atoms with Gasteiger partial charge in [0.15, 0.2) is 0 Å². The molecule has 1 atom stereocenters. The molecule has 0 spiro atoms. The largest absolute Gasteiger partial charge is 0.324 e. The Balaban J connectivity index is 2.13. The molecular weight excluding hydrogens is 179 g/mol. The van der Waals surface area contributed by atoms with Gasteiger partial charge in [0.25, 0.3) is 0 Å². The third kappa shape index (κ3) is 2.10. The maximum Gasteiger partial charge on any atom is 0.213 e. The lowest BCUT2D eigenvalue weighted by atomic mass is 10.0. The van der Waals surface area contributed by atoms with E-state index in [1.165, 1.54) is 18.9 Å². The summed E-state index contributed by atoms with van der Waals surface area (Å²) in [6.07, 6.45) is 3.59. The van der Waals surface area contributed by atoms with Crippen molar-refractivity contribution in [1.29, 1.82) is 0 Å². The summed E-state index contributed by atoms with van der Waals surface area (Å²) in [5.41, 5.74) is 7.73. The first kappa shape index (κ1) is 9.59. The highest BCUT2D eigenvalue weighted by Gasteiger charge is 2.25. The average Bonchev–Trinajstić information content (AvgIpc) is 2.87. The quantitative estimate of drug-likeness (QED) is 0.750. The van der Waals surface area contributed by atoms with Crippen LogP contribution in [0.4, 0.5) is 4.39 Å². The van der Waals surface area contributed by atoms with Crippen LogP contribution in [-0.2, 0) is 0 Å². The summed E-state index contributed by atoms with van der Waals surface area (Å²) < 4.78 is 12.7. The Labute approximate surface area is 83.3 Å². The zero-order chi connectivity index (χ0) is 10.1. The number of nitrogens with zero attached hydrogens (tertiary/aromatic N) is 1. The smallest absolute Gasteiger partial charge is 0.213 e. The summed E-state index contributed by atoms with van der Waals surface area (Å²) in [4.78, 5) is 3.78. The van der Waals surface area contributed by atoms with Crippen LogP contribution in [-0.4, -0.2) is 4.98 Å². The summed E-state index contributed by atoms with van der Waals surface area (Å²) in [7, 11) is 0. The molecule has 2 rings (SSSR count). The van der Waals surface area contributed by atoms with Gasteiger partial charge in [0.05, 0.1) is 0 Å². The van der Waals surface area contributed by atoms with Gasteiger partial charge in [0, 0.05) is 11.7 Å². The third-order valence-corrected chi connectivity index (χ3v) is 2.78. The lowest BCUT2D eigenvalue weighted by molar-refractivity contribution is 0.561. The van der Waals surface area contributed by atoms with E-state index in [1.54, 1.807) is 6.07 Å². The Bertz CT molecular complexity index is 334. The second-order valence-corrected chi connectivity index (χ2v) is 4.09. The second-order valence-electron chi connectivity index (χ2n) is 4.09. The van der Waals surface area contributed by atoms with E-state index in [9.17, 15) is 4.39 Å². The first-order valence-electron chi connectivity index (χ1n) is 5.05. The highest BCUT2D eigenvalue weighted by atomic mass is 19.1. The number of aryl methyl sites for hydroxylation is 1. The van der Waals surface area contributed by atoms with Gasteiger partial charge in [-0.1, -0.05) is 18.9 Å². The molecule has 76 valence electrons. The predicted octanol–water partition coefficient (Wildman–Crippen LogP) is 2.33. The minimum absolute atomic E-state index is 0.0237. The number of rotatable bonds is 3. The molecule has 1 aliphatic carbocycles. The molecule has 1 aliphatic rings. The molecule has 0 amide bonds. The average molecular weight is 194 g/mol. The minimum Gasteiger partial charge on any atom is -0.324 e. The zero-order valence-electron chi connectivity index (χ0n) is 8.33. The van der Waals surface area contributed by atoms with E-state index in [0.717, 1.165) is 23.6 Å². The van der Waals surface area contributed by atoms with E-state index in [-0.39, 0.29) is 6.04 Å². The fraction of sp³-hybridized carbons (Fsp3) is 0.545. The molecule has 0 aliphatic heterocycles. The third-order valence-electron chi connectivity index (χ3n) is 2.78. The Kier molecular flexibility index (Phi) is 2.50. The lowest BCUT2D eigenvalue weighted by Gasteiger charge is -2.13. The molecule has 1 aromatic rings. The molecule has 3 heteroatoms. The maximum absolute atomic E-state index is 12.7.